The standard InChI is InChI=1S/C18H31FN2/c1-17(2,3)13-18(4,5)21-12-6-7-16(20)14-8-10-15(19)11-9-14/h8-11,16,21H,6-7,12-13,20H2,1-5H3. The largest absolute Gasteiger partial charge is 0.324 e. The summed E-state index contributed by atoms with van der Waals surface area (Å²) >= 11 is 0. The van der Waals surface area contributed by atoms with Gasteiger partial charge in [0.2, 0.25) is 0 Å². The fourth-order valence-electron chi connectivity index (χ4n) is 3.01. The average molecular weight is 294 g/mol. The van der Waals surface area contributed by atoms with Gasteiger partial charge in [-0.1, -0.05) is 32.9 Å². The highest BCUT2D eigenvalue weighted by Gasteiger charge is 2.24. The summed E-state index contributed by atoms with van der Waals surface area (Å²) in [6.45, 7) is 12.2. The summed E-state index contributed by atoms with van der Waals surface area (Å²) in [4.78, 5) is 0. The zero-order chi connectivity index (χ0) is 16.1. The van der Waals surface area contributed by atoms with Crippen molar-refractivity contribution >= 4 is 0 Å². The lowest BCUT2D eigenvalue weighted by molar-refractivity contribution is 0.241. The number of halogens is 1. The van der Waals surface area contributed by atoms with E-state index in [0.717, 1.165) is 31.4 Å². The van der Waals surface area contributed by atoms with Crippen molar-refractivity contribution in [3.8, 4) is 0 Å². The molecule has 0 fully saturated rings. The predicted octanol–water partition coefficient (Wildman–Crippen LogP) is 4.41. The van der Waals surface area contributed by atoms with Gasteiger partial charge in [-0.3, -0.25) is 0 Å². The molecule has 2 nitrogen and oxygen atoms in total. The molecule has 0 heterocycles. The summed E-state index contributed by atoms with van der Waals surface area (Å²) < 4.78 is 12.9. The molecule has 0 aliphatic carbocycles. The highest BCUT2D eigenvalue weighted by Crippen LogP contribution is 2.26. The van der Waals surface area contributed by atoms with Crippen molar-refractivity contribution in [2.75, 3.05) is 6.54 Å². The molecule has 21 heavy (non-hydrogen) atoms. The highest BCUT2D eigenvalue weighted by molar-refractivity contribution is 5.19. The molecule has 0 aliphatic heterocycles. The number of nitrogens with one attached hydrogen (secondary N) is 1. The van der Waals surface area contributed by atoms with Crippen LogP contribution in [0.5, 0.6) is 0 Å². The Kier molecular flexibility index (Phi) is 6.36. The van der Waals surface area contributed by atoms with E-state index in [4.69, 9.17) is 5.73 Å². The fourth-order valence-corrected chi connectivity index (χ4v) is 3.01. The van der Waals surface area contributed by atoms with Crippen LogP contribution in [-0.4, -0.2) is 12.1 Å². The van der Waals surface area contributed by atoms with E-state index in [2.05, 4.69) is 39.9 Å². The van der Waals surface area contributed by atoms with Crippen LogP contribution >= 0.6 is 0 Å². The van der Waals surface area contributed by atoms with Crippen LogP contribution in [0, 0.1) is 11.2 Å². The SMILES string of the molecule is CC(C)(C)CC(C)(C)NCCCC(N)c1ccc(F)cc1. The van der Waals surface area contributed by atoms with Crippen LogP contribution in [0.4, 0.5) is 4.39 Å². The molecular weight excluding hydrogens is 263 g/mol. The minimum Gasteiger partial charge on any atom is -0.324 e. The summed E-state index contributed by atoms with van der Waals surface area (Å²) in [6.07, 6.45) is 3.06. The zero-order valence-electron chi connectivity index (χ0n) is 14.2. The van der Waals surface area contributed by atoms with E-state index < -0.39 is 0 Å². The van der Waals surface area contributed by atoms with Crippen molar-refractivity contribution in [3.05, 3.63) is 35.6 Å². The minimum atomic E-state index is -0.212. The van der Waals surface area contributed by atoms with Crippen LogP contribution < -0.4 is 11.1 Å². The Bertz CT molecular complexity index is 418. The van der Waals surface area contributed by atoms with E-state index in [1.807, 2.05) is 0 Å². The van der Waals surface area contributed by atoms with Crippen LogP contribution in [0.1, 0.15) is 65.5 Å². The summed E-state index contributed by atoms with van der Waals surface area (Å²) in [5.41, 5.74) is 7.61. The van der Waals surface area contributed by atoms with E-state index in [0.29, 0.717) is 5.41 Å². The van der Waals surface area contributed by atoms with Crippen LogP contribution in [0.2, 0.25) is 0 Å². The normalized spacial score (nSPS) is 14.2. The Morgan fingerprint density at radius 2 is 1.67 bits per heavy atom. The van der Waals surface area contributed by atoms with Crippen LogP contribution in [-0.2, 0) is 0 Å². The third kappa shape index (κ3) is 7.58. The molecule has 3 heteroatoms. The van der Waals surface area contributed by atoms with Crippen molar-refractivity contribution in [2.24, 2.45) is 11.1 Å². The molecule has 0 aliphatic rings. The van der Waals surface area contributed by atoms with Gasteiger partial charge in [-0.15, -0.1) is 0 Å². The molecule has 1 unspecified atom stereocenters. The van der Waals surface area contributed by atoms with Gasteiger partial charge in [0.1, 0.15) is 5.82 Å². The maximum Gasteiger partial charge on any atom is 0.123 e. The third-order valence-corrected chi connectivity index (χ3v) is 3.57. The first kappa shape index (κ1) is 18.1. The molecule has 0 bridgehead atoms. The number of hydrogen-bond donors (Lipinski definition) is 2. The quantitative estimate of drug-likeness (QED) is 0.731. The van der Waals surface area contributed by atoms with E-state index in [-0.39, 0.29) is 17.4 Å². The first-order valence-corrected chi connectivity index (χ1v) is 7.85. The van der Waals surface area contributed by atoms with E-state index >= 15 is 0 Å². The molecule has 0 aromatic heterocycles. The topological polar surface area (TPSA) is 38.0 Å². The van der Waals surface area contributed by atoms with Gasteiger partial charge in [-0.2, -0.15) is 0 Å². The van der Waals surface area contributed by atoms with Crippen molar-refractivity contribution in [3.63, 3.8) is 0 Å². The van der Waals surface area contributed by atoms with Crippen molar-refractivity contribution < 1.29 is 4.39 Å². The lowest BCUT2D eigenvalue weighted by Crippen LogP contribution is -2.42. The Labute approximate surface area is 129 Å². The number of hydrogen-bond acceptors (Lipinski definition) is 2. The molecule has 0 saturated heterocycles. The Balaban J connectivity index is 2.32. The molecule has 1 rings (SSSR count). The summed E-state index contributed by atoms with van der Waals surface area (Å²) in [6, 6.07) is 6.48. The van der Waals surface area contributed by atoms with Gasteiger partial charge in [0.15, 0.2) is 0 Å². The lowest BCUT2D eigenvalue weighted by Gasteiger charge is -2.33. The molecule has 0 radical (unpaired) electrons. The predicted molar refractivity (Wildman–Crippen MR) is 88.7 cm³/mol. The molecule has 1 aromatic rings. The van der Waals surface area contributed by atoms with Crippen molar-refractivity contribution in [2.45, 2.75) is 65.5 Å². The Morgan fingerprint density at radius 3 is 2.19 bits per heavy atom. The van der Waals surface area contributed by atoms with Crippen LogP contribution in [0.3, 0.4) is 0 Å². The minimum absolute atomic E-state index is 0.0156. The van der Waals surface area contributed by atoms with Gasteiger partial charge < -0.3 is 11.1 Å². The molecule has 120 valence electrons. The van der Waals surface area contributed by atoms with Gasteiger partial charge in [0.05, 0.1) is 0 Å². The van der Waals surface area contributed by atoms with Crippen LogP contribution in [0.15, 0.2) is 24.3 Å². The molecule has 1 atom stereocenters. The number of nitrogens with two attached hydrogens (primary N) is 1. The summed E-state index contributed by atoms with van der Waals surface area (Å²) in [5.74, 6) is -0.212. The van der Waals surface area contributed by atoms with E-state index in [9.17, 15) is 4.39 Å². The Hall–Kier alpha value is -0.930. The monoisotopic (exact) mass is 294 g/mol. The number of benzene rings is 1. The fraction of sp³-hybridized carbons (Fsp3) is 0.667. The van der Waals surface area contributed by atoms with Crippen molar-refractivity contribution in [1.82, 2.24) is 5.32 Å². The zero-order valence-corrected chi connectivity index (χ0v) is 14.2. The second-order valence-corrected chi connectivity index (χ2v) is 7.85. The van der Waals surface area contributed by atoms with Gasteiger partial charge in [-0.05, 0) is 62.8 Å². The number of rotatable bonds is 7. The average Bonchev–Trinajstić information content (AvgIpc) is 2.32. The molecule has 0 amide bonds. The van der Waals surface area contributed by atoms with Gasteiger partial charge in [0, 0.05) is 11.6 Å². The molecule has 0 saturated carbocycles. The second-order valence-electron chi connectivity index (χ2n) is 7.85. The molecule has 1 aromatic carbocycles. The maximum absolute atomic E-state index is 12.9. The summed E-state index contributed by atoms with van der Waals surface area (Å²) in [7, 11) is 0. The van der Waals surface area contributed by atoms with Crippen LogP contribution in [0.25, 0.3) is 0 Å². The molecule has 3 N–H and O–H groups in total. The maximum atomic E-state index is 12.9. The van der Waals surface area contributed by atoms with Gasteiger partial charge >= 0.3 is 0 Å². The third-order valence-electron chi connectivity index (χ3n) is 3.57. The first-order valence-electron chi connectivity index (χ1n) is 7.85. The second kappa shape index (κ2) is 7.37. The van der Waals surface area contributed by atoms with E-state index in [1.165, 1.54) is 12.1 Å². The first-order chi connectivity index (χ1) is 9.59. The molecule has 0 spiro atoms. The smallest absolute Gasteiger partial charge is 0.123 e. The summed E-state index contributed by atoms with van der Waals surface area (Å²) in [5, 5.41) is 3.62. The van der Waals surface area contributed by atoms with Gasteiger partial charge in [-0.25, -0.2) is 4.39 Å². The Morgan fingerprint density at radius 1 is 1.10 bits per heavy atom. The van der Waals surface area contributed by atoms with E-state index in [1.54, 1.807) is 12.1 Å². The molecular formula is C18H31FN2. The lowest BCUT2D eigenvalue weighted by atomic mass is 9.82. The van der Waals surface area contributed by atoms with Crippen molar-refractivity contribution in [1.29, 1.82) is 0 Å². The highest BCUT2D eigenvalue weighted by atomic mass is 19.1. The van der Waals surface area contributed by atoms with Gasteiger partial charge in [0.25, 0.3) is 0 Å².